The fourth-order valence-electron chi connectivity index (χ4n) is 1.67. The van der Waals surface area contributed by atoms with E-state index in [4.69, 9.17) is 35.2 Å². The van der Waals surface area contributed by atoms with Gasteiger partial charge in [-0.2, -0.15) is 0 Å². The van der Waals surface area contributed by atoms with E-state index in [0.717, 1.165) is 16.7 Å². The SMILES string of the molecule is C.C#CC(C)(C)O.C#Cc1ccc(N)nc1.CC(C)(O)C#Cc1ccc(N)nc1.Cc1ccc(N)nc1.[Na+].[OH-]. The molecule has 0 saturated heterocycles. The summed E-state index contributed by atoms with van der Waals surface area (Å²) in [7, 11) is 0. The zero-order valence-corrected chi connectivity index (χ0v) is 24.8. The Bertz CT molecular complexity index is 1170. The maximum Gasteiger partial charge on any atom is 1.00 e. The van der Waals surface area contributed by atoms with Crippen molar-refractivity contribution in [3.63, 3.8) is 0 Å². The number of hydrogen-bond donors (Lipinski definition) is 5. The number of terminal acetylenes is 2. The van der Waals surface area contributed by atoms with Gasteiger partial charge in [0.1, 0.15) is 28.7 Å². The van der Waals surface area contributed by atoms with Gasteiger partial charge in [-0.1, -0.05) is 37.2 Å². The number of nitrogens with zero attached hydrogens (tertiary/aromatic N) is 3. The molecule has 0 aromatic carbocycles. The van der Waals surface area contributed by atoms with E-state index < -0.39 is 11.2 Å². The summed E-state index contributed by atoms with van der Waals surface area (Å²) in [6.45, 7) is 8.36. The standard InChI is InChI=1S/C10H12N2O.C7H6N2.C6H8N2.C5H8O.CH4.Na.H2O/c1-10(2,13)6-5-8-3-4-9(11)12-7-8;1-2-6-3-4-7(8)9-5-6;1-5-2-3-6(7)8-4-5;1-4-5(2,3)6;;;/h3-4,7,13H,1-2H3,(H2,11,12);1,3-5H,(H2,8,9);2-4H,1H3,(H2,7,8);1,6H,2-3H3;1H4;;1H2/q;;;;;+1;/p-1. The van der Waals surface area contributed by atoms with E-state index in [1.54, 1.807) is 76.6 Å². The van der Waals surface area contributed by atoms with Gasteiger partial charge in [0.2, 0.25) is 0 Å². The quantitative estimate of drug-likeness (QED) is 0.196. The third kappa shape index (κ3) is 25.8. The average Bonchev–Trinajstić information content (AvgIpc) is 2.81. The summed E-state index contributed by atoms with van der Waals surface area (Å²) in [6.07, 6.45) is 14.8. The van der Waals surface area contributed by atoms with Gasteiger partial charge in [0, 0.05) is 29.7 Å². The Kier molecular flexibility index (Phi) is 23.3. The maximum atomic E-state index is 9.31. The van der Waals surface area contributed by atoms with Crippen molar-refractivity contribution in [2.24, 2.45) is 0 Å². The normalized spacial score (nSPS) is 8.85. The molecule has 0 atom stereocenters. The molecule has 39 heavy (non-hydrogen) atoms. The van der Waals surface area contributed by atoms with Crippen LogP contribution in [0.5, 0.6) is 0 Å². The molecule has 0 radical (unpaired) electrons. The number of aromatic nitrogens is 3. The van der Waals surface area contributed by atoms with Crippen molar-refractivity contribution in [3.8, 4) is 36.5 Å². The average molecular weight is 543 g/mol. The number of aliphatic hydroxyl groups is 2. The Labute approximate surface area is 255 Å². The van der Waals surface area contributed by atoms with E-state index >= 15 is 0 Å². The van der Waals surface area contributed by atoms with Crippen molar-refractivity contribution < 1.29 is 45.2 Å². The summed E-state index contributed by atoms with van der Waals surface area (Å²) in [5.41, 5.74) is 16.8. The molecule has 3 aromatic heterocycles. The second-order valence-electron chi connectivity index (χ2n) is 8.36. The predicted molar refractivity (Wildman–Crippen MR) is 156 cm³/mol. The molecular formula is C29H39N6NaO3. The Balaban J connectivity index is -0.000000212. The van der Waals surface area contributed by atoms with E-state index in [1.165, 1.54) is 0 Å². The number of hydrogen-bond acceptors (Lipinski definition) is 9. The van der Waals surface area contributed by atoms with Gasteiger partial charge in [0.25, 0.3) is 0 Å². The van der Waals surface area contributed by atoms with Crippen LogP contribution in [0.25, 0.3) is 0 Å². The molecular weight excluding hydrogens is 503 g/mol. The van der Waals surface area contributed by atoms with Gasteiger partial charge in [-0.3, -0.25) is 0 Å². The van der Waals surface area contributed by atoms with Crippen molar-refractivity contribution in [2.45, 2.75) is 53.2 Å². The van der Waals surface area contributed by atoms with Crippen LogP contribution in [-0.4, -0.2) is 41.8 Å². The van der Waals surface area contributed by atoms with Crippen LogP contribution in [0.1, 0.15) is 51.8 Å². The van der Waals surface area contributed by atoms with Crippen LogP contribution in [0.4, 0.5) is 17.5 Å². The smallest absolute Gasteiger partial charge is 0.870 e. The zero-order chi connectivity index (χ0) is 27.8. The molecule has 0 unspecified atom stereocenters. The van der Waals surface area contributed by atoms with Crippen LogP contribution in [0.15, 0.2) is 55.0 Å². The number of aryl methyl sites for hydroxylation is 1. The summed E-state index contributed by atoms with van der Waals surface area (Å²) in [4.78, 5) is 11.5. The first-order valence-electron chi connectivity index (χ1n) is 10.7. The van der Waals surface area contributed by atoms with Crippen LogP contribution < -0.4 is 46.8 Å². The van der Waals surface area contributed by atoms with Crippen LogP contribution in [0.2, 0.25) is 0 Å². The molecule has 9 N–H and O–H groups in total. The largest absolute Gasteiger partial charge is 1.00 e. The number of pyridine rings is 3. The number of nitrogens with two attached hydrogens (primary N) is 3. The molecule has 204 valence electrons. The van der Waals surface area contributed by atoms with Crippen molar-refractivity contribution in [1.29, 1.82) is 0 Å². The summed E-state index contributed by atoms with van der Waals surface area (Å²) >= 11 is 0. The van der Waals surface area contributed by atoms with Crippen molar-refractivity contribution >= 4 is 17.5 Å². The molecule has 0 amide bonds. The molecule has 10 heteroatoms. The molecule has 0 saturated carbocycles. The molecule has 3 heterocycles. The Morgan fingerprint density at radius 1 is 0.718 bits per heavy atom. The topological polar surface area (TPSA) is 187 Å². The molecule has 0 aliphatic carbocycles. The Hall–Kier alpha value is -3.59. The molecule has 9 nitrogen and oxygen atoms in total. The fourth-order valence-corrected chi connectivity index (χ4v) is 1.67. The monoisotopic (exact) mass is 542 g/mol. The first kappa shape index (κ1) is 42.5. The van der Waals surface area contributed by atoms with Crippen LogP contribution in [-0.2, 0) is 0 Å². The molecule has 0 bridgehead atoms. The van der Waals surface area contributed by atoms with Crippen molar-refractivity contribution in [1.82, 2.24) is 15.0 Å². The predicted octanol–water partition coefficient (Wildman–Crippen LogP) is 0.257. The second-order valence-corrected chi connectivity index (χ2v) is 8.36. The summed E-state index contributed by atoms with van der Waals surface area (Å²) in [6, 6.07) is 10.6. The van der Waals surface area contributed by atoms with Gasteiger partial charge in [-0.05, 0) is 70.5 Å². The van der Waals surface area contributed by atoms with Crippen LogP contribution in [0, 0.1) is 43.5 Å². The zero-order valence-electron chi connectivity index (χ0n) is 22.8. The Morgan fingerprint density at radius 3 is 1.36 bits per heavy atom. The molecule has 0 spiro atoms. The third-order valence-corrected chi connectivity index (χ3v) is 3.54. The molecule has 0 aliphatic heterocycles. The summed E-state index contributed by atoms with van der Waals surface area (Å²) in [5.74, 6) is 11.6. The van der Waals surface area contributed by atoms with E-state index in [1.807, 2.05) is 13.0 Å². The van der Waals surface area contributed by atoms with Gasteiger partial charge in [0.15, 0.2) is 0 Å². The van der Waals surface area contributed by atoms with Crippen molar-refractivity contribution in [2.75, 3.05) is 17.2 Å². The molecule has 0 fully saturated rings. The van der Waals surface area contributed by atoms with E-state index in [2.05, 4.69) is 38.6 Å². The minimum absolute atomic E-state index is 0. The Morgan fingerprint density at radius 2 is 1.10 bits per heavy atom. The van der Waals surface area contributed by atoms with Crippen LogP contribution in [0.3, 0.4) is 0 Å². The van der Waals surface area contributed by atoms with Gasteiger partial charge < -0.3 is 32.9 Å². The molecule has 3 aromatic rings. The fraction of sp³-hybridized carbons (Fsp3) is 0.276. The summed E-state index contributed by atoms with van der Waals surface area (Å²) < 4.78 is 0. The van der Waals surface area contributed by atoms with E-state index in [9.17, 15) is 5.11 Å². The van der Waals surface area contributed by atoms with Crippen molar-refractivity contribution in [3.05, 3.63) is 71.7 Å². The molecule has 3 rings (SSSR count). The van der Waals surface area contributed by atoms with E-state index in [0.29, 0.717) is 17.5 Å². The third-order valence-electron chi connectivity index (χ3n) is 3.54. The number of anilines is 3. The number of nitrogen functional groups attached to an aromatic ring is 3. The second kappa shape index (κ2) is 21.4. The van der Waals surface area contributed by atoms with Gasteiger partial charge >= 0.3 is 29.6 Å². The maximum absolute atomic E-state index is 9.31. The van der Waals surface area contributed by atoms with Gasteiger partial charge in [-0.25, -0.2) is 15.0 Å². The minimum Gasteiger partial charge on any atom is -0.870 e. The van der Waals surface area contributed by atoms with E-state index in [-0.39, 0.29) is 42.5 Å². The first-order chi connectivity index (χ1) is 16.6. The molecule has 0 aliphatic rings. The van der Waals surface area contributed by atoms with Gasteiger partial charge in [0.05, 0.1) is 0 Å². The van der Waals surface area contributed by atoms with Crippen LogP contribution >= 0.6 is 0 Å². The number of rotatable bonds is 0. The first-order valence-corrected chi connectivity index (χ1v) is 10.7. The van der Waals surface area contributed by atoms with Gasteiger partial charge in [-0.15, -0.1) is 12.8 Å². The summed E-state index contributed by atoms with van der Waals surface area (Å²) in [5, 5.41) is 17.9. The minimum atomic E-state index is -0.971.